The van der Waals surface area contributed by atoms with Gasteiger partial charge in [0.1, 0.15) is 0 Å². The van der Waals surface area contributed by atoms with Crippen LogP contribution in [0.1, 0.15) is 12.8 Å². The molecule has 0 amide bonds. The first-order valence-electron chi connectivity index (χ1n) is 5.22. The molecule has 6 nitrogen and oxygen atoms in total. The van der Waals surface area contributed by atoms with E-state index in [4.69, 9.17) is 4.74 Å². The van der Waals surface area contributed by atoms with Crippen molar-refractivity contribution >= 4 is 26.1 Å². The number of rotatable bonds is 3. The Labute approximate surface area is 100 Å². The summed E-state index contributed by atoms with van der Waals surface area (Å²) in [6.45, 7) is 0.215. The maximum atomic E-state index is 11.4. The molecular formula is C9H13NO5S2. The van der Waals surface area contributed by atoms with Crippen LogP contribution in [0.15, 0.2) is 15.6 Å². The Morgan fingerprint density at radius 2 is 2.12 bits per heavy atom. The highest BCUT2D eigenvalue weighted by atomic mass is 32.2. The minimum absolute atomic E-state index is 0.0636. The van der Waals surface area contributed by atoms with Gasteiger partial charge in [0.2, 0.25) is 0 Å². The van der Waals surface area contributed by atoms with Gasteiger partial charge in [-0.3, -0.25) is 0 Å². The number of hydrogen-bond donors (Lipinski definition) is 0. The molecule has 0 bridgehead atoms. The second kappa shape index (κ2) is 4.41. The molecule has 1 saturated heterocycles. The summed E-state index contributed by atoms with van der Waals surface area (Å²) in [4.78, 5) is 0. The molecule has 2 aliphatic rings. The average Bonchev–Trinajstić information content (AvgIpc) is 2.54. The Morgan fingerprint density at radius 3 is 2.71 bits per heavy atom. The standard InChI is InChI=1S/C9H13NO5S2/c11-16(12)3-1-2-8(6-16)5-15-9-4-10-17(13,14)7-9/h4,7-8H,1-3,5-6H2. The highest BCUT2D eigenvalue weighted by Gasteiger charge is 2.25. The molecule has 0 saturated carbocycles. The van der Waals surface area contributed by atoms with Crippen LogP contribution in [0.25, 0.3) is 0 Å². The van der Waals surface area contributed by atoms with Crippen LogP contribution >= 0.6 is 0 Å². The molecule has 96 valence electrons. The summed E-state index contributed by atoms with van der Waals surface area (Å²) in [7, 11) is -6.46. The van der Waals surface area contributed by atoms with Crippen molar-refractivity contribution < 1.29 is 21.6 Å². The van der Waals surface area contributed by atoms with Crippen LogP contribution in [0.4, 0.5) is 0 Å². The van der Waals surface area contributed by atoms with Crippen molar-refractivity contribution in [2.75, 3.05) is 18.1 Å². The fourth-order valence-electron chi connectivity index (χ4n) is 1.87. The van der Waals surface area contributed by atoms with Crippen molar-refractivity contribution in [2.45, 2.75) is 12.8 Å². The van der Waals surface area contributed by atoms with E-state index in [1.165, 1.54) is 0 Å². The molecule has 0 aromatic rings. The lowest BCUT2D eigenvalue weighted by atomic mass is 10.1. The molecule has 0 aliphatic carbocycles. The third-order valence-corrected chi connectivity index (χ3v) is 5.45. The molecule has 2 aliphatic heterocycles. The van der Waals surface area contributed by atoms with E-state index in [-0.39, 0.29) is 29.8 Å². The van der Waals surface area contributed by atoms with Gasteiger partial charge in [-0.25, -0.2) is 8.42 Å². The van der Waals surface area contributed by atoms with Gasteiger partial charge >= 0.3 is 0 Å². The van der Waals surface area contributed by atoms with Gasteiger partial charge in [0.05, 0.1) is 29.7 Å². The van der Waals surface area contributed by atoms with Crippen LogP contribution in [-0.2, 0) is 24.6 Å². The average molecular weight is 279 g/mol. The van der Waals surface area contributed by atoms with Crippen molar-refractivity contribution in [1.82, 2.24) is 0 Å². The maximum Gasteiger partial charge on any atom is 0.279 e. The van der Waals surface area contributed by atoms with E-state index in [1.807, 2.05) is 0 Å². The van der Waals surface area contributed by atoms with Crippen molar-refractivity contribution in [1.29, 1.82) is 0 Å². The predicted molar refractivity (Wildman–Crippen MR) is 62.8 cm³/mol. The Bertz CT molecular complexity index is 558. The van der Waals surface area contributed by atoms with Crippen LogP contribution in [-0.4, -0.2) is 41.2 Å². The molecule has 2 rings (SSSR count). The summed E-state index contributed by atoms with van der Waals surface area (Å²) in [6, 6.07) is 0. The molecule has 0 aromatic heterocycles. The van der Waals surface area contributed by atoms with Gasteiger partial charge in [-0.15, -0.1) is 0 Å². The van der Waals surface area contributed by atoms with Gasteiger partial charge in [0.15, 0.2) is 15.6 Å². The normalized spacial score (nSPS) is 29.9. The third-order valence-electron chi connectivity index (χ3n) is 2.64. The van der Waals surface area contributed by atoms with Crippen LogP contribution in [0.3, 0.4) is 0 Å². The van der Waals surface area contributed by atoms with E-state index in [9.17, 15) is 16.8 Å². The van der Waals surface area contributed by atoms with Crippen molar-refractivity contribution in [2.24, 2.45) is 10.3 Å². The summed E-state index contributed by atoms with van der Waals surface area (Å²) in [5.41, 5.74) is 0. The molecule has 1 fully saturated rings. The topological polar surface area (TPSA) is 89.9 Å². The van der Waals surface area contributed by atoms with Crippen molar-refractivity contribution in [3.05, 3.63) is 11.2 Å². The number of allylic oxidation sites excluding steroid dienone is 1. The maximum absolute atomic E-state index is 11.4. The predicted octanol–water partition coefficient (Wildman–Crippen LogP) is 0.0834. The summed E-state index contributed by atoms with van der Waals surface area (Å²) in [5, 5.41) is 0.935. The molecule has 0 N–H and O–H groups in total. The first kappa shape index (κ1) is 12.6. The molecule has 0 aromatic carbocycles. The smallest absolute Gasteiger partial charge is 0.279 e. The van der Waals surface area contributed by atoms with E-state index in [1.54, 1.807) is 0 Å². The van der Waals surface area contributed by atoms with E-state index >= 15 is 0 Å². The highest BCUT2D eigenvalue weighted by molar-refractivity contribution is 7.93. The second-order valence-corrected chi connectivity index (χ2v) is 7.91. The first-order valence-corrected chi connectivity index (χ1v) is 8.54. The summed E-state index contributed by atoms with van der Waals surface area (Å²) in [6.07, 6.45) is 2.56. The minimum atomic E-state index is -3.51. The van der Waals surface area contributed by atoms with E-state index in [2.05, 4.69) is 4.40 Å². The monoisotopic (exact) mass is 279 g/mol. The van der Waals surface area contributed by atoms with Gasteiger partial charge in [0, 0.05) is 5.92 Å². The van der Waals surface area contributed by atoms with Crippen LogP contribution < -0.4 is 0 Å². The fourth-order valence-corrected chi connectivity index (χ4v) is 4.36. The Balaban J connectivity index is 1.90. The zero-order chi connectivity index (χ0) is 12.5. The lowest BCUT2D eigenvalue weighted by Gasteiger charge is -2.21. The largest absolute Gasteiger partial charge is 0.491 e. The number of ether oxygens (including phenoxy) is 1. The Hall–Kier alpha value is -0.890. The summed E-state index contributed by atoms with van der Waals surface area (Å²) in [5.74, 6) is 0.464. The fraction of sp³-hybridized carbons (Fsp3) is 0.667. The van der Waals surface area contributed by atoms with Crippen LogP contribution in [0, 0.1) is 5.92 Å². The second-order valence-electron chi connectivity index (χ2n) is 4.20. The quantitative estimate of drug-likeness (QED) is 0.730. The zero-order valence-electron chi connectivity index (χ0n) is 9.07. The van der Waals surface area contributed by atoms with Crippen molar-refractivity contribution in [3.63, 3.8) is 0 Å². The Kier molecular flexibility index (Phi) is 3.26. The van der Waals surface area contributed by atoms with Crippen LogP contribution in [0.2, 0.25) is 0 Å². The summed E-state index contributed by atoms with van der Waals surface area (Å²) >= 11 is 0. The summed E-state index contributed by atoms with van der Waals surface area (Å²) < 4.78 is 53.1. The number of hydrogen-bond acceptors (Lipinski definition) is 5. The molecule has 1 unspecified atom stereocenters. The van der Waals surface area contributed by atoms with Crippen LogP contribution in [0.5, 0.6) is 0 Å². The van der Waals surface area contributed by atoms with E-state index in [0.29, 0.717) is 6.42 Å². The molecule has 17 heavy (non-hydrogen) atoms. The molecule has 0 radical (unpaired) electrons. The van der Waals surface area contributed by atoms with Crippen molar-refractivity contribution in [3.8, 4) is 0 Å². The van der Waals surface area contributed by atoms with Gasteiger partial charge in [-0.2, -0.15) is 12.8 Å². The van der Waals surface area contributed by atoms with Gasteiger partial charge < -0.3 is 4.74 Å². The third kappa shape index (κ3) is 3.53. The Morgan fingerprint density at radius 1 is 1.35 bits per heavy atom. The van der Waals surface area contributed by atoms with E-state index < -0.39 is 19.9 Å². The SMILES string of the molecule is O=S1(=O)CCCC(COC2=CS(=O)(=O)N=C2)C1. The van der Waals surface area contributed by atoms with Gasteiger partial charge in [-0.1, -0.05) is 0 Å². The highest BCUT2D eigenvalue weighted by Crippen LogP contribution is 2.20. The molecule has 8 heteroatoms. The van der Waals surface area contributed by atoms with Gasteiger partial charge in [-0.05, 0) is 12.8 Å². The number of sulfonamides is 1. The molecule has 1 atom stereocenters. The number of sulfone groups is 1. The molecule has 0 spiro atoms. The van der Waals surface area contributed by atoms with E-state index in [0.717, 1.165) is 18.0 Å². The first-order chi connectivity index (χ1) is 7.86. The minimum Gasteiger partial charge on any atom is -0.491 e. The number of nitrogens with zero attached hydrogens (tertiary/aromatic N) is 1. The molecule has 2 heterocycles. The van der Waals surface area contributed by atoms with Gasteiger partial charge in [0.25, 0.3) is 10.0 Å². The lowest BCUT2D eigenvalue weighted by Crippen LogP contribution is -2.28. The molecular weight excluding hydrogens is 266 g/mol. The lowest BCUT2D eigenvalue weighted by molar-refractivity contribution is 0.183. The zero-order valence-corrected chi connectivity index (χ0v) is 10.7.